The van der Waals surface area contributed by atoms with E-state index in [1.54, 1.807) is 18.2 Å². The van der Waals surface area contributed by atoms with Crippen LogP contribution in [0.4, 0.5) is 14.5 Å². The summed E-state index contributed by atoms with van der Waals surface area (Å²) in [5, 5.41) is 8.58. The minimum absolute atomic E-state index is 0.240. The maximum absolute atomic E-state index is 12.8. The second kappa shape index (κ2) is 9.86. The highest BCUT2D eigenvalue weighted by atomic mass is 79.9. The maximum Gasteiger partial charge on any atom is 0.255 e. The van der Waals surface area contributed by atoms with Crippen molar-refractivity contribution < 1.29 is 23.1 Å². The first-order chi connectivity index (χ1) is 14.3. The van der Waals surface area contributed by atoms with E-state index in [9.17, 15) is 18.4 Å². The molecule has 1 heterocycles. The predicted octanol–water partition coefficient (Wildman–Crippen LogP) is 2.45. The van der Waals surface area contributed by atoms with E-state index in [1.807, 2.05) is 18.2 Å². The largest absolute Gasteiger partial charge is 0.483 e. The normalized spacial score (nSPS) is 13.6. The molecule has 0 aliphatic carbocycles. The third-order valence-electron chi connectivity index (χ3n) is 4.49. The fourth-order valence-corrected chi connectivity index (χ4v) is 3.52. The van der Waals surface area contributed by atoms with Crippen molar-refractivity contribution in [2.75, 3.05) is 18.5 Å². The SMILES string of the molecule is NC(=O)COc1ccc(Br)cc1[C@H](Nc1ccc2c(c1)CNC2)C(=O)NCC(F)F. The highest BCUT2D eigenvalue weighted by Gasteiger charge is 2.26. The van der Waals surface area contributed by atoms with Crippen LogP contribution in [0.2, 0.25) is 0 Å². The Hall–Kier alpha value is -2.72. The molecule has 2 aromatic carbocycles. The van der Waals surface area contributed by atoms with Gasteiger partial charge in [0.15, 0.2) is 6.61 Å². The van der Waals surface area contributed by atoms with Gasteiger partial charge in [0.2, 0.25) is 5.91 Å². The first kappa shape index (κ1) is 22.0. The maximum atomic E-state index is 12.8. The number of rotatable bonds is 9. The van der Waals surface area contributed by atoms with Gasteiger partial charge in [-0.3, -0.25) is 9.59 Å². The van der Waals surface area contributed by atoms with Gasteiger partial charge in [-0.25, -0.2) is 8.78 Å². The Kier molecular flexibility index (Phi) is 7.22. The number of hydrogen-bond acceptors (Lipinski definition) is 5. The van der Waals surface area contributed by atoms with Crippen molar-refractivity contribution in [3.05, 3.63) is 57.6 Å². The topological polar surface area (TPSA) is 105 Å². The molecule has 2 amide bonds. The molecule has 0 aromatic heterocycles. The minimum Gasteiger partial charge on any atom is -0.483 e. The quantitative estimate of drug-likeness (QED) is 0.439. The molecule has 1 aliphatic rings. The number of halogens is 3. The van der Waals surface area contributed by atoms with E-state index in [2.05, 4.69) is 31.9 Å². The van der Waals surface area contributed by atoms with Crippen LogP contribution in [0.25, 0.3) is 0 Å². The fraction of sp³-hybridized carbons (Fsp3) is 0.300. The van der Waals surface area contributed by atoms with Gasteiger partial charge in [0.05, 0.1) is 6.54 Å². The van der Waals surface area contributed by atoms with E-state index in [4.69, 9.17) is 10.5 Å². The summed E-state index contributed by atoms with van der Waals surface area (Å²) in [5.74, 6) is -1.10. The number of carbonyl (C=O) groups excluding carboxylic acids is 2. The summed E-state index contributed by atoms with van der Waals surface area (Å²) in [5.41, 5.74) is 8.42. The molecule has 30 heavy (non-hydrogen) atoms. The summed E-state index contributed by atoms with van der Waals surface area (Å²) in [6.45, 7) is 0.308. The number of carbonyl (C=O) groups is 2. The van der Waals surface area contributed by atoms with Gasteiger partial charge in [0, 0.05) is 28.8 Å². The molecule has 1 aliphatic heterocycles. The second-order valence-corrected chi connectivity index (χ2v) is 7.65. The Morgan fingerprint density at radius 1 is 1.17 bits per heavy atom. The second-order valence-electron chi connectivity index (χ2n) is 6.74. The van der Waals surface area contributed by atoms with E-state index < -0.39 is 30.8 Å². The molecule has 5 N–H and O–H groups in total. The van der Waals surface area contributed by atoms with Crippen LogP contribution in [0.3, 0.4) is 0 Å². The van der Waals surface area contributed by atoms with Crippen LogP contribution in [0.5, 0.6) is 5.75 Å². The first-order valence-electron chi connectivity index (χ1n) is 9.19. The van der Waals surface area contributed by atoms with Gasteiger partial charge in [0.1, 0.15) is 11.8 Å². The lowest BCUT2D eigenvalue weighted by Crippen LogP contribution is -2.36. The lowest BCUT2D eigenvalue weighted by Gasteiger charge is -2.23. The first-order valence-corrected chi connectivity index (χ1v) is 9.98. The molecule has 160 valence electrons. The van der Waals surface area contributed by atoms with Gasteiger partial charge in [0.25, 0.3) is 12.3 Å². The van der Waals surface area contributed by atoms with Gasteiger partial charge in [-0.15, -0.1) is 0 Å². The monoisotopic (exact) mass is 482 g/mol. The lowest BCUT2D eigenvalue weighted by atomic mass is 10.0. The van der Waals surface area contributed by atoms with Crippen molar-refractivity contribution in [3.63, 3.8) is 0 Å². The van der Waals surface area contributed by atoms with Crippen LogP contribution < -0.4 is 26.4 Å². The van der Waals surface area contributed by atoms with Crippen LogP contribution in [-0.4, -0.2) is 31.4 Å². The van der Waals surface area contributed by atoms with Gasteiger partial charge in [-0.05, 0) is 41.5 Å². The average molecular weight is 483 g/mol. The van der Waals surface area contributed by atoms with E-state index in [0.29, 0.717) is 22.3 Å². The van der Waals surface area contributed by atoms with Crippen LogP contribution in [0.1, 0.15) is 22.7 Å². The van der Waals surface area contributed by atoms with Crippen molar-refractivity contribution >= 4 is 33.4 Å². The highest BCUT2D eigenvalue weighted by molar-refractivity contribution is 9.10. The Morgan fingerprint density at radius 2 is 1.93 bits per heavy atom. The zero-order valence-electron chi connectivity index (χ0n) is 15.9. The number of primary amides is 1. The van der Waals surface area contributed by atoms with Crippen molar-refractivity contribution in [2.45, 2.75) is 25.6 Å². The molecule has 1 atom stereocenters. The van der Waals surface area contributed by atoms with Crippen molar-refractivity contribution in [3.8, 4) is 5.75 Å². The lowest BCUT2D eigenvalue weighted by molar-refractivity contribution is -0.122. The molecular formula is C20H21BrF2N4O3. The minimum atomic E-state index is -2.69. The molecular weight excluding hydrogens is 462 g/mol. The highest BCUT2D eigenvalue weighted by Crippen LogP contribution is 2.32. The molecule has 0 saturated heterocycles. The van der Waals surface area contributed by atoms with E-state index in [1.165, 1.54) is 0 Å². The molecule has 10 heteroatoms. The molecule has 0 fully saturated rings. The molecule has 7 nitrogen and oxygen atoms in total. The van der Waals surface area contributed by atoms with Crippen LogP contribution in [0.15, 0.2) is 40.9 Å². The molecule has 0 bridgehead atoms. The predicted molar refractivity (Wildman–Crippen MR) is 111 cm³/mol. The van der Waals surface area contributed by atoms with Gasteiger partial charge < -0.3 is 26.4 Å². The number of nitrogens with two attached hydrogens (primary N) is 1. The van der Waals surface area contributed by atoms with Crippen molar-refractivity contribution in [1.29, 1.82) is 0 Å². The Morgan fingerprint density at radius 3 is 2.67 bits per heavy atom. The molecule has 2 aromatic rings. The zero-order chi connectivity index (χ0) is 21.7. The van der Waals surface area contributed by atoms with E-state index in [-0.39, 0.29) is 12.4 Å². The number of anilines is 1. The standard InChI is InChI=1S/C20H21BrF2N4O3/c21-13-2-4-16(30-10-18(24)28)15(6-13)19(20(29)26-9-17(22)23)27-14-3-1-11-7-25-8-12(11)5-14/h1-6,17,19,25,27H,7-10H2,(H2,24,28)(H,26,29)/t19-/m0/s1. The van der Waals surface area contributed by atoms with Crippen molar-refractivity contribution in [2.24, 2.45) is 5.73 Å². The Bertz CT molecular complexity index is 942. The fourth-order valence-electron chi connectivity index (χ4n) is 3.14. The molecule has 0 saturated carbocycles. The van der Waals surface area contributed by atoms with Crippen LogP contribution in [0, 0.1) is 0 Å². The summed E-state index contributed by atoms with van der Waals surface area (Å²) in [7, 11) is 0. The summed E-state index contributed by atoms with van der Waals surface area (Å²) < 4.78 is 31.4. The Labute approximate surface area is 180 Å². The summed E-state index contributed by atoms with van der Waals surface area (Å²) in [6.07, 6.45) is -2.69. The van der Waals surface area contributed by atoms with Crippen LogP contribution in [-0.2, 0) is 22.7 Å². The molecule has 0 unspecified atom stereocenters. The number of fused-ring (bicyclic) bond motifs is 1. The third kappa shape index (κ3) is 5.67. The Balaban J connectivity index is 1.94. The van der Waals surface area contributed by atoms with Crippen molar-refractivity contribution in [1.82, 2.24) is 10.6 Å². The van der Waals surface area contributed by atoms with E-state index in [0.717, 1.165) is 17.7 Å². The molecule has 0 spiro atoms. The van der Waals surface area contributed by atoms with Crippen LogP contribution >= 0.6 is 15.9 Å². The summed E-state index contributed by atoms with van der Waals surface area (Å²) in [6, 6.07) is 9.50. The average Bonchev–Trinajstić information content (AvgIpc) is 3.17. The zero-order valence-corrected chi connectivity index (χ0v) is 17.5. The number of ether oxygens (including phenoxy) is 1. The number of hydrogen-bond donors (Lipinski definition) is 4. The number of nitrogens with one attached hydrogen (secondary N) is 3. The summed E-state index contributed by atoms with van der Waals surface area (Å²) in [4.78, 5) is 23.9. The van der Waals surface area contributed by atoms with E-state index >= 15 is 0 Å². The number of amides is 2. The molecule has 0 radical (unpaired) electrons. The van der Waals surface area contributed by atoms with Gasteiger partial charge >= 0.3 is 0 Å². The number of benzene rings is 2. The van der Waals surface area contributed by atoms with Gasteiger partial charge in [-0.1, -0.05) is 22.0 Å². The smallest absolute Gasteiger partial charge is 0.255 e. The summed E-state index contributed by atoms with van der Waals surface area (Å²) >= 11 is 3.35. The third-order valence-corrected chi connectivity index (χ3v) is 4.99. The number of alkyl halides is 2. The van der Waals surface area contributed by atoms with Gasteiger partial charge in [-0.2, -0.15) is 0 Å². The molecule has 3 rings (SSSR count).